The molecule has 0 aliphatic carbocycles. The van der Waals surface area contributed by atoms with Crippen molar-refractivity contribution < 1.29 is 19.1 Å². The first-order valence-corrected chi connectivity index (χ1v) is 12.6. The van der Waals surface area contributed by atoms with E-state index in [2.05, 4.69) is 29.2 Å². The van der Waals surface area contributed by atoms with Crippen molar-refractivity contribution in [3.05, 3.63) is 23.5 Å². The number of rotatable bonds is 4. The molecule has 0 spiro atoms. The van der Waals surface area contributed by atoms with Crippen LogP contribution in [0.25, 0.3) is 5.65 Å². The second-order valence-electron chi connectivity index (χ2n) is 10.9. The molecule has 2 aliphatic heterocycles. The Bertz CT molecular complexity index is 1070. The summed E-state index contributed by atoms with van der Waals surface area (Å²) in [6.07, 6.45) is 3.17. The second kappa shape index (κ2) is 9.91. The molecule has 2 aromatic rings. The van der Waals surface area contributed by atoms with E-state index in [1.165, 1.54) is 0 Å². The van der Waals surface area contributed by atoms with Crippen LogP contribution < -0.4 is 5.32 Å². The van der Waals surface area contributed by atoms with Crippen LogP contribution in [0.1, 0.15) is 71.1 Å². The SMILES string of the molecule is Cc1cc(NC2CCN(C(=O)O[C@H]3CCN(C(=O)OC(C)(C)C)C3)CC2)n2ncc(C(C)C)c2n1. The van der Waals surface area contributed by atoms with E-state index >= 15 is 0 Å². The molecule has 0 unspecified atom stereocenters. The molecule has 4 heterocycles. The molecule has 0 bridgehead atoms. The van der Waals surface area contributed by atoms with Crippen LogP contribution in [-0.4, -0.2) is 80.5 Å². The quantitative estimate of drug-likeness (QED) is 0.692. The van der Waals surface area contributed by atoms with Crippen molar-refractivity contribution in [3.63, 3.8) is 0 Å². The van der Waals surface area contributed by atoms with Crippen LogP contribution >= 0.6 is 0 Å². The predicted octanol–water partition coefficient (Wildman–Crippen LogP) is 4.18. The van der Waals surface area contributed by atoms with Crippen LogP contribution in [0.5, 0.6) is 0 Å². The maximum absolute atomic E-state index is 12.7. The fraction of sp³-hybridized carbons (Fsp3) is 0.680. The van der Waals surface area contributed by atoms with Gasteiger partial charge in [0.15, 0.2) is 5.65 Å². The number of amides is 2. The lowest BCUT2D eigenvalue weighted by atomic mass is 10.1. The Labute approximate surface area is 206 Å². The molecule has 192 valence electrons. The van der Waals surface area contributed by atoms with Gasteiger partial charge >= 0.3 is 12.2 Å². The average molecular weight is 487 g/mol. The van der Waals surface area contributed by atoms with Gasteiger partial charge in [-0.2, -0.15) is 9.61 Å². The first-order chi connectivity index (χ1) is 16.5. The molecular weight excluding hydrogens is 448 g/mol. The van der Waals surface area contributed by atoms with Crippen LogP contribution in [0.4, 0.5) is 15.4 Å². The number of ether oxygens (including phenoxy) is 2. The number of hydrogen-bond donors (Lipinski definition) is 1. The van der Waals surface area contributed by atoms with Crippen molar-refractivity contribution in [2.45, 2.75) is 84.5 Å². The minimum atomic E-state index is -0.543. The topological polar surface area (TPSA) is 101 Å². The van der Waals surface area contributed by atoms with Crippen LogP contribution in [0.15, 0.2) is 12.3 Å². The molecule has 0 saturated carbocycles. The monoisotopic (exact) mass is 486 g/mol. The minimum absolute atomic E-state index is 0.227. The number of piperidine rings is 1. The number of likely N-dealkylation sites (tertiary alicyclic amines) is 2. The summed E-state index contributed by atoms with van der Waals surface area (Å²) >= 11 is 0. The van der Waals surface area contributed by atoms with Crippen molar-refractivity contribution in [1.82, 2.24) is 24.4 Å². The van der Waals surface area contributed by atoms with E-state index in [4.69, 9.17) is 9.47 Å². The van der Waals surface area contributed by atoms with E-state index in [-0.39, 0.29) is 24.3 Å². The zero-order chi connectivity index (χ0) is 25.3. The second-order valence-corrected chi connectivity index (χ2v) is 10.9. The van der Waals surface area contributed by atoms with E-state index < -0.39 is 5.60 Å². The van der Waals surface area contributed by atoms with Crippen molar-refractivity contribution in [1.29, 1.82) is 0 Å². The van der Waals surface area contributed by atoms with E-state index in [9.17, 15) is 9.59 Å². The van der Waals surface area contributed by atoms with Crippen molar-refractivity contribution in [3.8, 4) is 0 Å². The zero-order valence-electron chi connectivity index (χ0n) is 21.7. The summed E-state index contributed by atoms with van der Waals surface area (Å²) in [5.41, 5.74) is 2.42. The minimum Gasteiger partial charge on any atom is -0.444 e. The highest BCUT2D eigenvalue weighted by Crippen LogP contribution is 2.24. The van der Waals surface area contributed by atoms with Crippen molar-refractivity contribution >= 4 is 23.7 Å². The van der Waals surface area contributed by atoms with Crippen molar-refractivity contribution in [2.24, 2.45) is 0 Å². The lowest BCUT2D eigenvalue weighted by Crippen LogP contribution is -2.44. The van der Waals surface area contributed by atoms with Gasteiger partial charge < -0.3 is 24.6 Å². The van der Waals surface area contributed by atoms with Gasteiger partial charge in [0.1, 0.15) is 17.5 Å². The molecule has 0 radical (unpaired) electrons. The number of carbonyl (C=O) groups is 2. The number of carbonyl (C=O) groups excluding carboxylic acids is 2. The van der Waals surface area contributed by atoms with Crippen LogP contribution in [-0.2, 0) is 9.47 Å². The molecule has 2 aromatic heterocycles. The number of aryl methyl sites for hydroxylation is 1. The lowest BCUT2D eigenvalue weighted by Gasteiger charge is -2.33. The van der Waals surface area contributed by atoms with Gasteiger partial charge in [0.05, 0.1) is 12.7 Å². The number of fused-ring (bicyclic) bond motifs is 1. The summed E-state index contributed by atoms with van der Waals surface area (Å²) in [6.45, 7) is 13.9. The molecule has 2 saturated heterocycles. The third-order valence-electron chi connectivity index (χ3n) is 6.42. The summed E-state index contributed by atoms with van der Waals surface area (Å²) in [5, 5.41) is 8.17. The molecule has 0 aromatic carbocycles. The summed E-state index contributed by atoms with van der Waals surface area (Å²) in [6, 6.07) is 2.24. The Hall–Kier alpha value is -3.04. The number of nitrogens with one attached hydrogen (secondary N) is 1. The molecule has 2 fully saturated rings. The van der Waals surface area contributed by atoms with Crippen molar-refractivity contribution in [2.75, 3.05) is 31.5 Å². The number of aromatic nitrogens is 3. The average Bonchev–Trinajstić information content (AvgIpc) is 3.40. The number of anilines is 1. The molecule has 1 N–H and O–H groups in total. The smallest absolute Gasteiger partial charge is 0.410 e. The maximum Gasteiger partial charge on any atom is 0.410 e. The Morgan fingerprint density at radius 2 is 1.77 bits per heavy atom. The molecule has 10 nitrogen and oxygen atoms in total. The van der Waals surface area contributed by atoms with Gasteiger partial charge in [-0.1, -0.05) is 13.8 Å². The Balaban J connectivity index is 1.28. The van der Waals surface area contributed by atoms with Crippen LogP contribution in [0, 0.1) is 6.92 Å². The molecule has 35 heavy (non-hydrogen) atoms. The highest BCUT2D eigenvalue weighted by atomic mass is 16.6. The fourth-order valence-corrected chi connectivity index (χ4v) is 4.56. The van der Waals surface area contributed by atoms with Gasteiger partial charge in [-0.05, 0) is 46.5 Å². The Morgan fingerprint density at radius 3 is 2.43 bits per heavy atom. The number of hydrogen-bond acceptors (Lipinski definition) is 7. The summed E-state index contributed by atoms with van der Waals surface area (Å²) in [5.74, 6) is 1.27. The molecule has 2 amide bonds. The van der Waals surface area contributed by atoms with Crippen LogP contribution in [0.3, 0.4) is 0 Å². The van der Waals surface area contributed by atoms with Gasteiger partial charge in [-0.3, -0.25) is 0 Å². The zero-order valence-corrected chi connectivity index (χ0v) is 21.7. The standard InChI is InChI=1S/C25H38N6O4/c1-16(2)20-14-26-31-21(13-17(3)27-22(20)31)28-18-7-10-29(11-8-18)23(32)34-19-9-12-30(15-19)24(33)35-25(4,5)6/h13-14,16,18-19,28H,7-12,15H2,1-6H3/t19-/m0/s1. The Kier molecular flexibility index (Phi) is 7.10. The molecule has 2 aliphatic rings. The molecule has 4 rings (SSSR count). The van der Waals surface area contributed by atoms with Gasteiger partial charge in [0, 0.05) is 49.4 Å². The van der Waals surface area contributed by atoms with E-state index in [0.29, 0.717) is 38.5 Å². The van der Waals surface area contributed by atoms with Gasteiger partial charge in [-0.25, -0.2) is 14.6 Å². The molecular formula is C25H38N6O4. The lowest BCUT2D eigenvalue weighted by molar-refractivity contribution is 0.0235. The predicted molar refractivity (Wildman–Crippen MR) is 133 cm³/mol. The normalized spacial score (nSPS) is 19.5. The molecule has 1 atom stereocenters. The fourth-order valence-electron chi connectivity index (χ4n) is 4.56. The highest BCUT2D eigenvalue weighted by molar-refractivity contribution is 5.70. The van der Waals surface area contributed by atoms with E-state index in [1.807, 2.05) is 44.5 Å². The third-order valence-corrected chi connectivity index (χ3v) is 6.42. The highest BCUT2D eigenvalue weighted by Gasteiger charge is 2.33. The van der Waals surface area contributed by atoms with Gasteiger partial charge in [0.25, 0.3) is 0 Å². The number of nitrogens with zero attached hydrogens (tertiary/aromatic N) is 5. The summed E-state index contributed by atoms with van der Waals surface area (Å²) in [4.78, 5) is 33.0. The summed E-state index contributed by atoms with van der Waals surface area (Å²) < 4.78 is 13.0. The van der Waals surface area contributed by atoms with Gasteiger partial charge in [-0.15, -0.1) is 0 Å². The molecule has 10 heteroatoms. The Morgan fingerprint density at radius 1 is 1.09 bits per heavy atom. The largest absolute Gasteiger partial charge is 0.444 e. The first kappa shape index (κ1) is 25.1. The van der Waals surface area contributed by atoms with E-state index in [0.717, 1.165) is 35.6 Å². The van der Waals surface area contributed by atoms with E-state index in [1.54, 1.807) is 9.80 Å². The first-order valence-electron chi connectivity index (χ1n) is 12.6. The maximum atomic E-state index is 12.7. The summed E-state index contributed by atoms with van der Waals surface area (Å²) in [7, 11) is 0. The van der Waals surface area contributed by atoms with Gasteiger partial charge in [0.2, 0.25) is 0 Å². The van der Waals surface area contributed by atoms with Crippen LogP contribution in [0.2, 0.25) is 0 Å². The third kappa shape index (κ3) is 5.97.